The van der Waals surface area contributed by atoms with Crippen molar-refractivity contribution in [2.75, 3.05) is 0 Å². The van der Waals surface area contributed by atoms with Gasteiger partial charge in [-0.25, -0.2) is 0 Å². The van der Waals surface area contributed by atoms with Gasteiger partial charge in [-0.1, -0.05) is 95.5 Å². The lowest BCUT2D eigenvalue weighted by Gasteiger charge is -2.31. The molecule has 4 aromatic rings. The third-order valence-corrected chi connectivity index (χ3v) is 16.7. The second-order valence-electron chi connectivity index (χ2n) is 10.4. The second-order valence-corrected chi connectivity index (χ2v) is 19.6. The zero-order valence-corrected chi connectivity index (χ0v) is 27.7. The van der Waals surface area contributed by atoms with Crippen molar-refractivity contribution in [1.29, 1.82) is 0 Å². The number of benzene rings is 2. The molecule has 37 heavy (non-hydrogen) atoms. The van der Waals surface area contributed by atoms with E-state index >= 15 is 0 Å². The van der Waals surface area contributed by atoms with Crippen LogP contribution < -0.4 is 10.4 Å². The van der Waals surface area contributed by atoms with E-state index in [2.05, 4.69) is 106 Å². The number of rotatable bonds is 12. The fourth-order valence-electron chi connectivity index (χ4n) is 6.12. The number of hydrogen-bond acceptors (Lipinski definition) is 2. The van der Waals surface area contributed by atoms with Crippen LogP contribution in [-0.2, 0) is 0 Å². The van der Waals surface area contributed by atoms with E-state index in [1.165, 1.54) is 103 Å². The lowest BCUT2D eigenvalue weighted by atomic mass is 10.0. The van der Waals surface area contributed by atoms with Crippen LogP contribution in [0.25, 0.3) is 32.0 Å². The molecule has 5 heteroatoms. The van der Waals surface area contributed by atoms with Crippen molar-refractivity contribution >= 4 is 73.0 Å². The van der Waals surface area contributed by atoms with Gasteiger partial charge in [-0.2, -0.15) is 0 Å². The Bertz CT molecular complexity index is 1340. The zero-order chi connectivity index (χ0) is 25.8. The SMILES string of the molecule is CCCCCC[Si]1(CCCCCC)c2ccc(-c3ccc(Br)s3)cc2-c2ccc(-c3ccc(Br)s3)cc21. The minimum atomic E-state index is -1.86. The molecule has 0 unspecified atom stereocenters. The highest BCUT2D eigenvalue weighted by Crippen LogP contribution is 2.41. The first-order valence-electron chi connectivity index (χ1n) is 13.9. The van der Waals surface area contributed by atoms with Crippen molar-refractivity contribution in [3.8, 4) is 32.0 Å². The fraction of sp³-hybridized carbons (Fsp3) is 0.375. The van der Waals surface area contributed by atoms with Crippen molar-refractivity contribution in [2.24, 2.45) is 0 Å². The molecule has 0 N–H and O–H groups in total. The largest absolute Gasteiger partial charge is 0.128 e. The second kappa shape index (κ2) is 12.5. The van der Waals surface area contributed by atoms with Crippen LogP contribution in [0.1, 0.15) is 65.2 Å². The number of unbranched alkanes of at least 4 members (excludes halogenated alkanes) is 6. The third kappa shape index (κ3) is 5.82. The molecule has 1 aliphatic heterocycles. The highest BCUT2D eigenvalue weighted by atomic mass is 79.9. The zero-order valence-electron chi connectivity index (χ0n) is 21.9. The first-order valence-corrected chi connectivity index (χ1v) is 19.5. The van der Waals surface area contributed by atoms with Gasteiger partial charge < -0.3 is 0 Å². The summed E-state index contributed by atoms with van der Waals surface area (Å²) in [5.41, 5.74) is 5.79. The van der Waals surface area contributed by atoms with Gasteiger partial charge >= 0.3 is 0 Å². The van der Waals surface area contributed by atoms with Crippen LogP contribution in [0, 0.1) is 0 Å². The summed E-state index contributed by atoms with van der Waals surface area (Å²) in [6, 6.07) is 26.6. The molecule has 1 aliphatic rings. The van der Waals surface area contributed by atoms with Gasteiger partial charge in [0.15, 0.2) is 0 Å². The molecule has 0 saturated heterocycles. The van der Waals surface area contributed by atoms with Crippen LogP contribution >= 0.6 is 54.5 Å². The topological polar surface area (TPSA) is 0 Å². The molecular weight excluding hydrogens is 636 g/mol. The molecular formula is C32H36Br2S2Si. The van der Waals surface area contributed by atoms with Crippen molar-refractivity contribution in [3.05, 3.63) is 68.2 Å². The molecule has 194 valence electrons. The van der Waals surface area contributed by atoms with E-state index in [0.29, 0.717) is 0 Å². The van der Waals surface area contributed by atoms with E-state index in [4.69, 9.17) is 0 Å². The first kappa shape index (κ1) is 27.6. The van der Waals surface area contributed by atoms with E-state index in [1.54, 1.807) is 10.4 Å². The third-order valence-electron chi connectivity index (χ3n) is 7.99. The Morgan fingerprint density at radius 1 is 0.568 bits per heavy atom. The fourth-order valence-corrected chi connectivity index (χ4v) is 14.5. The van der Waals surface area contributed by atoms with Gasteiger partial charge in [-0.05, 0) is 107 Å². The van der Waals surface area contributed by atoms with Gasteiger partial charge in [-0.3, -0.25) is 0 Å². The average molecular weight is 673 g/mol. The Morgan fingerprint density at radius 3 is 1.68 bits per heavy atom. The quantitative estimate of drug-likeness (QED) is 0.104. The Labute approximate surface area is 248 Å². The summed E-state index contributed by atoms with van der Waals surface area (Å²) in [4.78, 5) is 2.72. The Morgan fingerprint density at radius 2 is 1.14 bits per heavy atom. The van der Waals surface area contributed by atoms with Gasteiger partial charge in [0.1, 0.15) is 8.07 Å². The molecule has 0 aliphatic carbocycles. The van der Waals surface area contributed by atoms with Crippen LogP contribution in [0.2, 0.25) is 12.1 Å². The lowest BCUT2D eigenvalue weighted by Crippen LogP contribution is -2.55. The standard InChI is InChI=1S/C32H36Br2S2Si/c1-3-5-7-9-19-37(20-10-8-6-4-2)29-16-12-23(27-14-17-31(33)35-27)21-26(29)25-13-11-24(22-30(25)37)28-15-18-32(34)36-28/h11-18,21-22H,3-10,19-20H2,1-2H3. The molecule has 2 aromatic heterocycles. The summed E-state index contributed by atoms with van der Waals surface area (Å²) >= 11 is 11.0. The molecule has 0 saturated carbocycles. The maximum absolute atomic E-state index is 3.69. The number of hydrogen-bond donors (Lipinski definition) is 0. The van der Waals surface area contributed by atoms with Crippen LogP contribution in [0.15, 0.2) is 68.2 Å². The van der Waals surface area contributed by atoms with E-state index < -0.39 is 8.07 Å². The van der Waals surface area contributed by atoms with Crippen molar-refractivity contribution in [3.63, 3.8) is 0 Å². The van der Waals surface area contributed by atoms with Gasteiger partial charge in [-0.15, -0.1) is 22.7 Å². The molecule has 0 spiro atoms. The summed E-state index contributed by atoms with van der Waals surface area (Å²) in [7, 11) is -1.86. The van der Waals surface area contributed by atoms with Crippen LogP contribution in [-0.4, -0.2) is 8.07 Å². The molecule has 5 rings (SSSR count). The molecule has 0 fully saturated rings. The summed E-state index contributed by atoms with van der Waals surface area (Å²) in [5, 5.41) is 3.42. The molecule has 3 heterocycles. The number of halogens is 2. The number of thiophene rings is 2. The van der Waals surface area contributed by atoms with E-state index in [-0.39, 0.29) is 0 Å². The van der Waals surface area contributed by atoms with Crippen LogP contribution in [0.5, 0.6) is 0 Å². The molecule has 0 amide bonds. The summed E-state index contributed by atoms with van der Waals surface area (Å²) < 4.78 is 2.41. The Kier molecular flexibility index (Phi) is 9.29. The maximum Gasteiger partial charge on any atom is 0.119 e. The monoisotopic (exact) mass is 670 g/mol. The lowest BCUT2D eigenvalue weighted by molar-refractivity contribution is 0.684. The van der Waals surface area contributed by atoms with Gasteiger partial charge in [0.2, 0.25) is 0 Å². The maximum atomic E-state index is 3.69. The van der Waals surface area contributed by atoms with Crippen molar-refractivity contribution in [2.45, 2.75) is 77.3 Å². The van der Waals surface area contributed by atoms with E-state index in [9.17, 15) is 0 Å². The van der Waals surface area contributed by atoms with Gasteiger partial charge in [0, 0.05) is 9.75 Å². The minimum Gasteiger partial charge on any atom is -0.128 e. The van der Waals surface area contributed by atoms with Crippen molar-refractivity contribution < 1.29 is 0 Å². The van der Waals surface area contributed by atoms with Crippen LogP contribution in [0.4, 0.5) is 0 Å². The summed E-state index contributed by atoms with van der Waals surface area (Å²) in [6.45, 7) is 4.65. The van der Waals surface area contributed by atoms with E-state index in [0.717, 1.165) is 0 Å². The smallest absolute Gasteiger partial charge is 0.119 e. The Balaban J connectivity index is 1.63. The predicted octanol–water partition coefficient (Wildman–Crippen LogP) is 11.4. The van der Waals surface area contributed by atoms with Crippen molar-refractivity contribution in [1.82, 2.24) is 0 Å². The highest BCUT2D eigenvalue weighted by molar-refractivity contribution is 9.11. The molecule has 0 radical (unpaired) electrons. The highest BCUT2D eigenvalue weighted by Gasteiger charge is 2.44. The Hall–Kier alpha value is -0.983. The average Bonchev–Trinajstić information content (AvgIpc) is 3.61. The molecule has 0 atom stereocenters. The summed E-state index contributed by atoms with van der Waals surface area (Å²) in [5.74, 6) is 0. The van der Waals surface area contributed by atoms with E-state index in [1.807, 2.05) is 22.7 Å². The van der Waals surface area contributed by atoms with Gasteiger partial charge in [0.25, 0.3) is 0 Å². The molecule has 0 nitrogen and oxygen atoms in total. The van der Waals surface area contributed by atoms with Crippen LogP contribution in [0.3, 0.4) is 0 Å². The predicted molar refractivity (Wildman–Crippen MR) is 177 cm³/mol. The normalized spacial score (nSPS) is 13.6. The number of fused-ring (bicyclic) bond motifs is 3. The minimum absolute atomic E-state index is 1.20. The first-order chi connectivity index (χ1) is 18.1. The molecule has 2 aromatic carbocycles. The molecule has 0 bridgehead atoms. The summed E-state index contributed by atoms with van der Waals surface area (Å²) in [6.07, 6.45) is 10.8. The van der Waals surface area contributed by atoms with Gasteiger partial charge in [0.05, 0.1) is 7.57 Å².